The van der Waals surface area contributed by atoms with E-state index in [-0.39, 0.29) is 17.4 Å². The molecule has 0 aromatic rings. The molecule has 0 aliphatic carbocycles. The van der Waals surface area contributed by atoms with E-state index in [0.29, 0.717) is 0 Å². The first kappa shape index (κ1) is 9.35. The second kappa shape index (κ2) is 4.96. The van der Waals surface area contributed by atoms with Crippen LogP contribution in [0.25, 0.3) is 0 Å². The second-order valence-corrected chi connectivity index (χ2v) is 0.583. The van der Waals surface area contributed by atoms with E-state index >= 15 is 0 Å². The third-order valence-corrected chi connectivity index (χ3v) is 0.129. The molecule has 0 radical (unpaired) electrons. The predicted octanol–water partition coefficient (Wildman–Crippen LogP) is -0.358. The van der Waals surface area contributed by atoms with Crippen molar-refractivity contribution in [1.29, 1.82) is 0 Å². The zero-order chi connectivity index (χ0) is 4.28. The van der Waals surface area contributed by atoms with Crippen LogP contribution in [0.4, 0.5) is 0 Å². The van der Waals surface area contributed by atoms with Crippen LogP contribution < -0.4 is 0 Å². The first-order valence-corrected chi connectivity index (χ1v) is 1.09. The van der Waals surface area contributed by atoms with Gasteiger partial charge in [-0.15, -0.1) is 0 Å². The topological polar surface area (TPSA) is 46.5 Å². The number of carbonyl (C=O) groups excluding carboxylic acids is 1. The van der Waals surface area contributed by atoms with Crippen LogP contribution in [-0.4, -0.2) is 28.6 Å². The Balaban J connectivity index is 0. The summed E-state index contributed by atoms with van der Waals surface area (Å²) in [6.45, 7) is 1.11. The van der Waals surface area contributed by atoms with Crippen molar-refractivity contribution in [3.63, 3.8) is 0 Å². The summed E-state index contributed by atoms with van der Waals surface area (Å²) in [7, 11) is 0. The molecule has 0 heterocycles. The predicted molar refractivity (Wildman–Crippen MR) is 20.1 cm³/mol. The van der Waals surface area contributed by atoms with Crippen molar-refractivity contribution < 1.29 is 14.9 Å². The molecule has 0 amide bonds. The van der Waals surface area contributed by atoms with E-state index in [1.807, 2.05) is 0 Å². The molecule has 4 heteroatoms. The minimum atomic E-state index is -0.690. The SMILES string of the molecule is CC(=O)OO.[Al+3]. The van der Waals surface area contributed by atoms with Gasteiger partial charge in [0.05, 0.1) is 0 Å². The fraction of sp³-hybridized carbons (Fsp3) is 0.500. The fourth-order valence-electron chi connectivity index (χ4n) is 0. The van der Waals surface area contributed by atoms with Crippen molar-refractivity contribution >= 4 is 23.3 Å². The molecule has 0 saturated heterocycles. The molecule has 1 N–H and O–H groups in total. The minimum absolute atomic E-state index is 0. The Bertz CT molecular complexity index is 44.1. The van der Waals surface area contributed by atoms with E-state index in [4.69, 9.17) is 5.26 Å². The number of hydrogen-bond donors (Lipinski definition) is 1. The van der Waals surface area contributed by atoms with Gasteiger partial charge in [-0.05, 0) is 0 Å². The molecular weight excluding hydrogens is 99.0 g/mol. The van der Waals surface area contributed by atoms with E-state index in [0.717, 1.165) is 6.92 Å². The minimum Gasteiger partial charge on any atom is -0.301 e. The molecule has 0 aromatic carbocycles. The number of carbonyl (C=O) groups is 1. The molecule has 0 saturated carbocycles. The molecule has 6 heavy (non-hydrogen) atoms. The average Bonchev–Trinajstić information content (AvgIpc) is 1.38. The largest absolute Gasteiger partial charge is 3.00 e. The zero-order valence-corrected chi connectivity index (χ0v) is 4.50. The van der Waals surface area contributed by atoms with Gasteiger partial charge >= 0.3 is 23.3 Å². The van der Waals surface area contributed by atoms with Gasteiger partial charge in [0.25, 0.3) is 0 Å². The van der Waals surface area contributed by atoms with Gasteiger partial charge in [-0.25, -0.2) is 4.79 Å². The molecule has 0 aliphatic rings. The Morgan fingerprint density at radius 2 is 2.00 bits per heavy atom. The van der Waals surface area contributed by atoms with Crippen LogP contribution in [-0.2, 0) is 9.68 Å². The van der Waals surface area contributed by atoms with Gasteiger partial charge in [-0.3, -0.25) is 0 Å². The maximum absolute atomic E-state index is 9.34. The fourth-order valence-corrected chi connectivity index (χ4v) is 0. The van der Waals surface area contributed by atoms with E-state index in [1.165, 1.54) is 0 Å². The molecule has 30 valence electrons. The Morgan fingerprint density at radius 1 is 1.83 bits per heavy atom. The van der Waals surface area contributed by atoms with Crippen LogP contribution in [0.5, 0.6) is 0 Å². The van der Waals surface area contributed by atoms with Crippen molar-refractivity contribution in [2.45, 2.75) is 6.92 Å². The third kappa shape index (κ3) is 9.03. The summed E-state index contributed by atoms with van der Waals surface area (Å²) < 4.78 is 0. The van der Waals surface area contributed by atoms with E-state index < -0.39 is 5.97 Å². The molecule has 3 nitrogen and oxygen atoms in total. The molecule has 0 spiro atoms. The second-order valence-electron chi connectivity index (χ2n) is 0.583. The molecule has 0 bridgehead atoms. The van der Waals surface area contributed by atoms with Crippen LogP contribution >= 0.6 is 0 Å². The van der Waals surface area contributed by atoms with E-state index in [9.17, 15) is 4.79 Å². The van der Waals surface area contributed by atoms with Crippen molar-refractivity contribution in [2.75, 3.05) is 0 Å². The van der Waals surface area contributed by atoms with Gasteiger partial charge in [0.2, 0.25) is 0 Å². The molecule has 0 unspecified atom stereocenters. The van der Waals surface area contributed by atoms with Gasteiger partial charge in [0, 0.05) is 6.92 Å². The van der Waals surface area contributed by atoms with Gasteiger partial charge in [-0.2, -0.15) is 5.26 Å². The first-order valence-electron chi connectivity index (χ1n) is 1.09. The van der Waals surface area contributed by atoms with Gasteiger partial charge in [0.1, 0.15) is 0 Å². The van der Waals surface area contributed by atoms with Crippen molar-refractivity contribution in [3.8, 4) is 0 Å². The average molecular weight is 103 g/mol. The third-order valence-electron chi connectivity index (χ3n) is 0.129. The Kier molecular flexibility index (Phi) is 7.73. The smallest absolute Gasteiger partial charge is 0.301 e. The Morgan fingerprint density at radius 3 is 2.00 bits per heavy atom. The standard InChI is InChI=1S/C2H4O3.Al/c1-2(3)5-4;/h4H,1H3;/q;+3. The molecule has 0 rings (SSSR count). The van der Waals surface area contributed by atoms with Crippen LogP contribution in [0.1, 0.15) is 6.92 Å². The summed E-state index contributed by atoms with van der Waals surface area (Å²) in [5.74, 6) is -0.690. The quantitative estimate of drug-likeness (QED) is 0.259. The van der Waals surface area contributed by atoms with Gasteiger partial charge in [0.15, 0.2) is 0 Å². The summed E-state index contributed by atoms with van der Waals surface area (Å²) >= 11 is 0. The van der Waals surface area contributed by atoms with Crippen LogP contribution in [0.2, 0.25) is 0 Å². The Hall–Kier alpha value is -0.0375. The summed E-state index contributed by atoms with van der Waals surface area (Å²) in [6.07, 6.45) is 0. The molecule has 0 atom stereocenters. The molecule has 0 aromatic heterocycles. The van der Waals surface area contributed by atoms with Gasteiger partial charge in [-0.1, -0.05) is 0 Å². The van der Waals surface area contributed by atoms with Crippen LogP contribution in [0.15, 0.2) is 0 Å². The van der Waals surface area contributed by atoms with Crippen LogP contribution in [0.3, 0.4) is 0 Å². The summed E-state index contributed by atoms with van der Waals surface area (Å²) in [5.41, 5.74) is 0. The summed E-state index contributed by atoms with van der Waals surface area (Å²) in [4.78, 5) is 12.5. The van der Waals surface area contributed by atoms with Crippen molar-refractivity contribution in [2.24, 2.45) is 0 Å². The summed E-state index contributed by atoms with van der Waals surface area (Å²) in [6, 6.07) is 0. The maximum Gasteiger partial charge on any atom is 3.00 e. The van der Waals surface area contributed by atoms with E-state index in [2.05, 4.69) is 4.89 Å². The van der Waals surface area contributed by atoms with Crippen molar-refractivity contribution in [1.82, 2.24) is 0 Å². The van der Waals surface area contributed by atoms with Crippen molar-refractivity contribution in [3.05, 3.63) is 0 Å². The molecule has 0 aliphatic heterocycles. The zero-order valence-electron chi connectivity index (χ0n) is 3.34. The van der Waals surface area contributed by atoms with Crippen LogP contribution in [0, 0.1) is 0 Å². The first-order chi connectivity index (χ1) is 2.27. The monoisotopic (exact) mass is 103 g/mol. The number of hydrogen-bond acceptors (Lipinski definition) is 3. The van der Waals surface area contributed by atoms with E-state index in [1.54, 1.807) is 0 Å². The van der Waals surface area contributed by atoms with Gasteiger partial charge < -0.3 is 4.89 Å². The Labute approximate surface area is 46.0 Å². The molecular formula is C2H4AlO3+3. The summed E-state index contributed by atoms with van der Waals surface area (Å²) in [5, 5.41) is 7.29. The number of rotatable bonds is 0. The maximum atomic E-state index is 9.34. The molecule has 0 fully saturated rings. The normalized spacial score (nSPS) is 5.67.